The molecule has 0 aliphatic carbocycles. The first-order valence-corrected chi connectivity index (χ1v) is 9.72. The molecule has 14 heteroatoms. The van der Waals surface area contributed by atoms with Crippen LogP contribution in [0.4, 0.5) is 0 Å². The second-order valence-electron chi connectivity index (χ2n) is 5.15. The van der Waals surface area contributed by atoms with Crippen LogP contribution >= 0.6 is 46.4 Å². The van der Waals surface area contributed by atoms with E-state index in [1.54, 1.807) is 0 Å². The number of hydrogen-bond acceptors (Lipinski definition) is 10. The van der Waals surface area contributed by atoms with Gasteiger partial charge in [0.15, 0.2) is 24.6 Å². The third-order valence-corrected chi connectivity index (χ3v) is 4.13. The molecule has 0 saturated carbocycles. The molecule has 28 heavy (non-hydrogen) atoms. The summed E-state index contributed by atoms with van der Waals surface area (Å²) >= 11 is 21.5. The van der Waals surface area contributed by atoms with E-state index in [2.05, 4.69) is 0 Å². The average molecular weight is 486 g/mol. The third-order valence-electron chi connectivity index (χ3n) is 3.26. The van der Waals surface area contributed by atoms with Crippen LogP contribution in [0.15, 0.2) is 0 Å². The van der Waals surface area contributed by atoms with E-state index in [9.17, 15) is 24.3 Å². The fraction of sp³-hybridized carbons (Fsp3) is 0.714. The predicted octanol–water partition coefficient (Wildman–Crippen LogP) is -0.0626. The van der Waals surface area contributed by atoms with E-state index in [1.165, 1.54) is 0 Å². The smallest absolute Gasteiger partial charge is 0.321 e. The molecule has 0 amide bonds. The zero-order chi connectivity index (χ0) is 21.3. The highest BCUT2D eigenvalue weighted by Crippen LogP contribution is 2.28. The largest absolute Gasteiger partial charge is 0.462 e. The van der Waals surface area contributed by atoms with E-state index in [0.29, 0.717) is 0 Å². The molecular weight excluding hydrogens is 470 g/mol. The van der Waals surface area contributed by atoms with E-state index in [-0.39, 0.29) is 0 Å². The maximum absolute atomic E-state index is 11.7. The molecule has 1 N–H and O–H groups in total. The van der Waals surface area contributed by atoms with Gasteiger partial charge in [0, 0.05) is 0 Å². The van der Waals surface area contributed by atoms with Gasteiger partial charge < -0.3 is 28.8 Å². The Bertz CT molecular complexity index is 574. The van der Waals surface area contributed by atoms with Gasteiger partial charge in [-0.3, -0.25) is 19.2 Å². The zero-order valence-corrected chi connectivity index (χ0v) is 17.1. The molecule has 0 aromatic carbocycles. The van der Waals surface area contributed by atoms with Crippen molar-refractivity contribution in [1.82, 2.24) is 0 Å². The highest BCUT2D eigenvalue weighted by molar-refractivity contribution is 6.27. The van der Waals surface area contributed by atoms with Crippen LogP contribution in [0.25, 0.3) is 0 Å². The molecule has 0 spiro atoms. The highest BCUT2D eigenvalue weighted by Gasteiger charge is 2.52. The van der Waals surface area contributed by atoms with Crippen LogP contribution in [0.2, 0.25) is 0 Å². The number of alkyl halides is 4. The number of carbonyl (C=O) groups excluding carboxylic acids is 4. The topological polar surface area (TPSA) is 135 Å². The molecule has 0 bridgehead atoms. The number of halogens is 4. The summed E-state index contributed by atoms with van der Waals surface area (Å²) in [4.78, 5) is 46.2. The van der Waals surface area contributed by atoms with Crippen molar-refractivity contribution in [2.75, 3.05) is 30.1 Å². The molecule has 160 valence electrons. The molecule has 5 atom stereocenters. The van der Waals surface area contributed by atoms with Gasteiger partial charge in [0.05, 0.1) is 0 Å². The third kappa shape index (κ3) is 7.41. The Labute approximate surface area is 179 Å². The Morgan fingerprint density at radius 3 is 1.61 bits per heavy atom. The van der Waals surface area contributed by atoms with Crippen molar-refractivity contribution in [2.45, 2.75) is 30.7 Å². The van der Waals surface area contributed by atoms with Crippen molar-refractivity contribution in [2.24, 2.45) is 0 Å². The Hall–Kier alpha value is -1.04. The Balaban J connectivity index is 3.17. The van der Waals surface area contributed by atoms with E-state index in [0.717, 1.165) is 0 Å². The molecule has 10 nitrogen and oxygen atoms in total. The van der Waals surface area contributed by atoms with Gasteiger partial charge in [0.25, 0.3) is 0 Å². The van der Waals surface area contributed by atoms with Crippen LogP contribution in [0.1, 0.15) is 0 Å². The van der Waals surface area contributed by atoms with E-state index >= 15 is 0 Å². The monoisotopic (exact) mass is 484 g/mol. The molecule has 1 unspecified atom stereocenters. The van der Waals surface area contributed by atoms with Crippen molar-refractivity contribution in [1.29, 1.82) is 0 Å². The summed E-state index contributed by atoms with van der Waals surface area (Å²) in [5.74, 6) is -5.94. The fourth-order valence-corrected chi connectivity index (χ4v) is 2.46. The lowest BCUT2D eigenvalue weighted by atomic mass is 9.98. The van der Waals surface area contributed by atoms with Gasteiger partial charge in [-0.15, -0.1) is 46.4 Å². The SMILES string of the molecule is O=C(CCl)OC[C@H]1OC(O)[C@H](OC(=O)CCl)[C@@H](OC(=O)CCl)[C@@H]1OC(=O)CCl. The molecular formula is C14H16Cl4O10. The number of rotatable bonds is 9. The lowest BCUT2D eigenvalue weighted by Gasteiger charge is -2.42. The van der Waals surface area contributed by atoms with Crippen LogP contribution in [0.5, 0.6) is 0 Å². The molecule has 0 aromatic heterocycles. The van der Waals surface area contributed by atoms with E-state index in [1.807, 2.05) is 0 Å². The van der Waals surface area contributed by atoms with Gasteiger partial charge in [-0.2, -0.15) is 0 Å². The maximum atomic E-state index is 11.7. The summed E-state index contributed by atoms with van der Waals surface area (Å²) in [6.07, 6.45) is -7.81. The number of aliphatic hydroxyl groups excluding tert-OH is 1. The zero-order valence-electron chi connectivity index (χ0n) is 14.1. The molecule has 1 aliphatic heterocycles. The summed E-state index contributed by atoms with van der Waals surface area (Å²) < 4.78 is 25.1. The quantitative estimate of drug-likeness (QED) is 0.268. The van der Waals surface area contributed by atoms with Gasteiger partial charge in [0.1, 0.15) is 36.2 Å². The first kappa shape index (κ1) is 25.0. The number of hydrogen-bond donors (Lipinski definition) is 1. The van der Waals surface area contributed by atoms with Crippen LogP contribution in [-0.2, 0) is 42.9 Å². The minimum Gasteiger partial charge on any atom is -0.462 e. The Morgan fingerprint density at radius 2 is 1.14 bits per heavy atom. The van der Waals surface area contributed by atoms with Gasteiger partial charge in [-0.25, -0.2) is 0 Å². The minimum absolute atomic E-state index is 0.470. The lowest BCUT2D eigenvalue weighted by Crippen LogP contribution is -2.62. The van der Waals surface area contributed by atoms with Crippen LogP contribution in [0.3, 0.4) is 0 Å². The lowest BCUT2D eigenvalue weighted by molar-refractivity contribution is -0.295. The molecule has 0 aromatic rings. The van der Waals surface area contributed by atoms with E-state index < -0.39 is 84.7 Å². The van der Waals surface area contributed by atoms with Crippen molar-refractivity contribution in [3.63, 3.8) is 0 Å². The van der Waals surface area contributed by atoms with Crippen molar-refractivity contribution in [3.8, 4) is 0 Å². The second kappa shape index (κ2) is 12.5. The van der Waals surface area contributed by atoms with Gasteiger partial charge in [-0.05, 0) is 0 Å². The van der Waals surface area contributed by atoms with Crippen molar-refractivity contribution in [3.05, 3.63) is 0 Å². The molecule has 1 fully saturated rings. The maximum Gasteiger partial charge on any atom is 0.321 e. The Kier molecular flexibility index (Phi) is 11.2. The predicted molar refractivity (Wildman–Crippen MR) is 94.4 cm³/mol. The Morgan fingerprint density at radius 1 is 0.714 bits per heavy atom. The van der Waals surface area contributed by atoms with Crippen LogP contribution in [0, 0.1) is 0 Å². The van der Waals surface area contributed by atoms with Gasteiger partial charge in [-0.1, -0.05) is 0 Å². The first-order valence-electron chi connectivity index (χ1n) is 7.58. The van der Waals surface area contributed by atoms with Crippen LogP contribution < -0.4 is 0 Å². The van der Waals surface area contributed by atoms with Gasteiger partial charge >= 0.3 is 23.9 Å². The summed E-state index contributed by atoms with van der Waals surface area (Å²) in [7, 11) is 0. The van der Waals surface area contributed by atoms with Crippen molar-refractivity contribution < 1.29 is 48.0 Å². The first-order chi connectivity index (χ1) is 13.3. The summed E-state index contributed by atoms with van der Waals surface area (Å²) in [6.45, 7) is -0.534. The normalized spacial score (nSPS) is 26.8. The number of esters is 4. The molecule has 1 saturated heterocycles. The average Bonchev–Trinajstić information content (AvgIpc) is 2.69. The van der Waals surface area contributed by atoms with Gasteiger partial charge in [0.2, 0.25) is 0 Å². The fourth-order valence-electron chi connectivity index (χ4n) is 2.19. The van der Waals surface area contributed by atoms with Crippen molar-refractivity contribution >= 4 is 70.3 Å². The van der Waals surface area contributed by atoms with E-state index in [4.69, 9.17) is 70.1 Å². The summed E-state index contributed by atoms with van der Waals surface area (Å²) in [5, 5.41) is 10.2. The number of carbonyl (C=O) groups is 4. The molecule has 1 heterocycles. The molecule has 1 rings (SSSR count). The minimum atomic E-state index is -1.84. The standard InChI is InChI=1S/C14H16Cl4O10/c15-1-7(19)24-5-6-11(26-8(20)2-16)12(27-9(21)3-17)13(14(23)25-6)28-10(22)4-18/h6,11-14,23H,1-5H2/t6-,11-,12+,13-,14?/m1/s1. The number of ether oxygens (including phenoxy) is 5. The van der Waals surface area contributed by atoms with Crippen LogP contribution in [-0.4, -0.2) is 89.8 Å². The highest BCUT2D eigenvalue weighted by atomic mass is 35.5. The molecule has 0 radical (unpaired) electrons. The second-order valence-corrected chi connectivity index (χ2v) is 6.22. The number of aliphatic hydroxyl groups is 1. The summed E-state index contributed by atoms with van der Waals surface area (Å²) in [5.41, 5.74) is 0. The summed E-state index contributed by atoms with van der Waals surface area (Å²) in [6, 6.07) is 0. The molecule has 1 aliphatic rings.